The van der Waals surface area contributed by atoms with E-state index in [0.29, 0.717) is 31.7 Å². The number of pyridine rings is 1. The molecule has 40 heavy (non-hydrogen) atoms. The quantitative estimate of drug-likeness (QED) is 0.365. The van der Waals surface area contributed by atoms with Crippen LogP contribution in [0.15, 0.2) is 36.7 Å². The number of nitrogens with one attached hydrogen (secondary N) is 1. The fraction of sp³-hybridized carbons (Fsp3) is 0.429. The van der Waals surface area contributed by atoms with E-state index in [-0.39, 0.29) is 11.6 Å². The van der Waals surface area contributed by atoms with Gasteiger partial charge in [-0.25, -0.2) is 9.31 Å². The molecule has 1 saturated heterocycles. The number of hydrogen-bond acceptors (Lipinski definition) is 10. The van der Waals surface area contributed by atoms with Crippen molar-refractivity contribution in [1.29, 1.82) is 5.26 Å². The molecule has 0 spiro atoms. The Labute approximate surface area is 237 Å². The van der Waals surface area contributed by atoms with Gasteiger partial charge in [0.25, 0.3) is 0 Å². The van der Waals surface area contributed by atoms with Crippen LogP contribution < -0.4 is 10.2 Å². The van der Waals surface area contributed by atoms with E-state index in [1.54, 1.807) is 21.7 Å². The van der Waals surface area contributed by atoms with Crippen LogP contribution in [0.4, 0.5) is 15.6 Å². The lowest BCUT2D eigenvalue weighted by Crippen LogP contribution is -2.50. The monoisotopic (exact) mass is 559 g/mol. The summed E-state index contributed by atoms with van der Waals surface area (Å²) in [6.07, 6.45) is 3.08. The van der Waals surface area contributed by atoms with E-state index in [2.05, 4.69) is 52.4 Å². The fourth-order valence-corrected chi connectivity index (χ4v) is 5.31. The number of carbonyl (C=O) groups is 1. The van der Waals surface area contributed by atoms with Crippen LogP contribution in [0, 0.1) is 11.3 Å². The molecule has 0 bridgehead atoms. The molecular formula is C28H33N9O2S. The molecule has 0 atom stereocenters. The van der Waals surface area contributed by atoms with Gasteiger partial charge in [0.1, 0.15) is 11.7 Å². The van der Waals surface area contributed by atoms with Crippen molar-refractivity contribution < 1.29 is 9.53 Å². The van der Waals surface area contributed by atoms with Crippen LogP contribution in [0.1, 0.15) is 47.1 Å². The minimum Gasteiger partial charge on any atom is -0.444 e. The van der Waals surface area contributed by atoms with Crippen LogP contribution in [-0.4, -0.2) is 73.1 Å². The summed E-state index contributed by atoms with van der Waals surface area (Å²) in [6, 6.07) is 9.81. The van der Waals surface area contributed by atoms with E-state index in [1.165, 1.54) is 11.3 Å². The van der Waals surface area contributed by atoms with Gasteiger partial charge in [0.05, 0.1) is 34.2 Å². The van der Waals surface area contributed by atoms with Gasteiger partial charge in [-0.2, -0.15) is 10.4 Å². The second kappa shape index (κ2) is 10.4. The number of amides is 1. The average molecular weight is 560 g/mol. The van der Waals surface area contributed by atoms with E-state index in [9.17, 15) is 10.1 Å². The van der Waals surface area contributed by atoms with E-state index < -0.39 is 5.60 Å². The molecule has 5 heterocycles. The number of hydrogen-bond donors (Lipinski definition) is 1. The molecule has 0 unspecified atom stereocenters. The van der Waals surface area contributed by atoms with Crippen molar-refractivity contribution in [3.05, 3.63) is 42.2 Å². The van der Waals surface area contributed by atoms with Crippen LogP contribution in [-0.2, 0) is 4.74 Å². The topological polar surface area (TPSA) is 125 Å². The predicted octanol–water partition coefficient (Wildman–Crippen LogP) is 5.05. The minimum absolute atomic E-state index is 0.208. The third kappa shape index (κ3) is 5.99. The van der Waals surface area contributed by atoms with Crippen molar-refractivity contribution in [2.45, 2.75) is 52.7 Å². The van der Waals surface area contributed by atoms with Gasteiger partial charge in [-0.05, 0) is 65.8 Å². The summed E-state index contributed by atoms with van der Waals surface area (Å²) in [6.45, 7) is 14.3. The Kier molecular flexibility index (Phi) is 7.10. The Bertz CT molecular complexity index is 1580. The van der Waals surface area contributed by atoms with Crippen LogP contribution in [0.25, 0.3) is 27.5 Å². The second-order valence-electron chi connectivity index (χ2n) is 11.7. The lowest BCUT2D eigenvalue weighted by Gasteiger charge is -2.35. The van der Waals surface area contributed by atoms with Gasteiger partial charge in [0.15, 0.2) is 5.01 Å². The zero-order valence-electron chi connectivity index (χ0n) is 23.6. The Morgan fingerprint density at radius 3 is 2.48 bits per heavy atom. The summed E-state index contributed by atoms with van der Waals surface area (Å²) < 4.78 is 7.30. The molecule has 0 saturated carbocycles. The van der Waals surface area contributed by atoms with Crippen molar-refractivity contribution in [2.75, 3.05) is 36.4 Å². The van der Waals surface area contributed by atoms with E-state index in [4.69, 9.17) is 9.72 Å². The maximum atomic E-state index is 12.4. The van der Waals surface area contributed by atoms with Gasteiger partial charge in [0, 0.05) is 43.6 Å². The number of carbonyl (C=O) groups excluding carboxylic acids is 1. The molecule has 1 aliphatic rings. The molecule has 0 radical (unpaired) electrons. The van der Waals surface area contributed by atoms with Crippen LogP contribution in [0.2, 0.25) is 0 Å². The van der Waals surface area contributed by atoms with E-state index in [0.717, 1.165) is 38.3 Å². The van der Waals surface area contributed by atoms with Crippen molar-refractivity contribution in [2.24, 2.45) is 0 Å². The van der Waals surface area contributed by atoms with Crippen molar-refractivity contribution in [3.8, 4) is 28.0 Å². The third-order valence-corrected chi connectivity index (χ3v) is 7.17. The van der Waals surface area contributed by atoms with Gasteiger partial charge in [0.2, 0.25) is 5.13 Å². The minimum atomic E-state index is -0.517. The molecule has 5 rings (SSSR count). The zero-order chi connectivity index (χ0) is 28.7. The largest absolute Gasteiger partial charge is 0.444 e. The van der Waals surface area contributed by atoms with E-state index in [1.807, 2.05) is 45.2 Å². The summed E-state index contributed by atoms with van der Waals surface area (Å²) in [4.78, 5) is 21.1. The normalized spacial score (nSPS) is 14.3. The molecule has 4 aromatic heterocycles. The molecule has 4 aromatic rings. The van der Waals surface area contributed by atoms with Gasteiger partial charge in [-0.3, -0.25) is 4.98 Å². The third-order valence-electron chi connectivity index (χ3n) is 6.15. The molecule has 12 heteroatoms. The Morgan fingerprint density at radius 1 is 1.05 bits per heavy atom. The number of aromatic nitrogens is 5. The lowest BCUT2D eigenvalue weighted by molar-refractivity contribution is 0.0240. The molecule has 0 aliphatic carbocycles. The van der Waals surface area contributed by atoms with Crippen molar-refractivity contribution in [3.63, 3.8) is 0 Å². The molecule has 1 amide bonds. The first-order valence-corrected chi connectivity index (χ1v) is 14.0. The SMILES string of the molecule is CC(C)(C)Nc1cc(-c2ccc3cc(C#N)cnn23)ncc1-c1nnc(N2CCN(C(=O)OC(C)(C)C)CC2)s1. The molecule has 1 N–H and O–H groups in total. The molecular weight excluding hydrogens is 526 g/mol. The van der Waals surface area contributed by atoms with Gasteiger partial charge < -0.3 is 19.9 Å². The number of ether oxygens (including phenoxy) is 1. The molecule has 0 aromatic carbocycles. The first kappa shape index (κ1) is 27.3. The summed E-state index contributed by atoms with van der Waals surface area (Å²) in [5.41, 5.74) is 3.92. The molecule has 208 valence electrons. The zero-order valence-corrected chi connectivity index (χ0v) is 24.4. The van der Waals surface area contributed by atoms with Crippen molar-refractivity contribution >= 4 is 33.8 Å². The number of rotatable bonds is 4. The number of anilines is 2. The first-order valence-electron chi connectivity index (χ1n) is 13.1. The van der Waals surface area contributed by atoms with Gasteiger partial charge in [-0.1, -0.05) is 11.3 Å². The lowest BCUT2D eigenvalue weighted by atomic mass is 10.1. The molecule has 1 fully saturated rings. The Balaban J connectivity index is 1.39. The summed E-state index contributed by atoms with van der Waals surface area (Å²) in [7, 11) is 0. The van der Waals surface area contributed by atoms with Crippen LogP contribution in [0.5, 0.6) is 0 Å². The summed E-state index contributed by atoms with van der Waals surface area (Å²) in [5, 5.41) is 27.8. The fourth-order valence-electron chi connectivity index (χ4n) is 4.39. The highest BCUT2D eigenvalue weighted by molar-refractivity contribution is 7.18. The van der Waals surface area contributed by atoms with Crippen LogP contribution in [0.3, 0.4) is 0 Å². The van der Waals surface area contributed by atoms with Crippen LogP contribution >= 0.6 is 11.3 Å². The smallest absolute Gasteiger partial charge is 0.410 e. The highest BCUT2D eigenvalue weighted by Crippen LogP contribution is 2.36. The highest BCUT2D eigenvalue weighted by Gasteiger charge is 2.28. The second-order valence-corrected chi connectivity index (χ2v) is 12.7. The molecule has 11 nitrogen and oxygen atoms in total. The summed E-state index contributed by atoms with van der Waals surface area (Å²) in [5.74, 6) is 0. The maximum Gasteiger partial charge on any atom is 0.410 e. The number of fused-ring (bicyclic) bond motifs is 1. The first-order chi connectivity index (χ1) is 18.9. The van der Waals surface area contributed by atoms with E-state index >= 15 is 0 Å². The maximum absolute atomic E-state index is 12.4. The predicted molar refractivity (Wildman–Crippen MR) is 155 cm³/mol. The number of nitrogens with zero attached hydrogens (tertiary/aromatic N) is 8. The number of nitriles is 1. The highest BCUT2D eigenvalue weighted by atomic mass is 32.1. The Hall–Kier alpha value is -4.24. The van der Waals surface area contributed by atoms with Crippen molar-refractivity contribution in [1.82, 2.24) is 29.7 Å². The molecule has 1 aliphatic heterocycles. The Morgan fingerprint density at radius 2 is 1.80 bits per heavy atom. The summed E-state index contributed by atoms with van der Waals surface area (Å²) >= 11 is 1.50. The average Bonchev–Trinajstić information content (AvgIpc) is 3.54. The standard InChI is InChI=1S/C28H33N9O2S/c1-27(2,3)32-21-14-22(23-8-7-19-13-18(15-29)16-31-37(19)23)30-17-20(21)24-33-34-25(40-24)35-9-11-36(12-10-35)26(38)39-28(4,5)6/h7-8,13-14,16-17H,9-12H2,1-6H3,(H,30,32). The number of piperazine rings is 1. The van der Waals surface area contributed by atoms with Gasteiger partial charge >= 0.3 is 6.09 Å². The van der Waals surface area contributed by atoms with Gasteiger partial charge in [-0.15, -0.1) is 10.2 Å².